The number of rotatable bonds is 6. The normalized spacial score (nSPS) is 11.2. The molecule has 3 aromatic carbocycles. The maximum Gasteiger partial charge on any atom is 0.264 e. The number of hydrogen-bond acceptors (Lipinski definition) is 3. The van der Waals surface area contributed by atoms with Crippen LogP contribution >= 0.6 is 34.8 Å². The Morgan fingerprint density at radius 2 is 1.53 bits per heavy atom. The third kappa shape index (κ3) is 5.46. The van der Waals surface area contributed by atoms with Gasteiger partial charge in [0, 0.05) is 20.8 Å². The topological polar surface area (TPSA) is 66.5 Å². The molecule has 0 fully saturated rings. The number of nitrogens with one attached hydrogen (secondary N) is 1. The van der Waals surface area contributed by atoms with Crippen molar-refractivity contribution in [3.8, 4) is 0 Å². The molecule has 9 heteroatoms. The zero-order valence-electron chi connectivity index (χ0n) is 15.8. The fourth-order valence-corrected chi connectivity index (χ4v) is 4.85. The Morgan fingerprint density at radius 1 is 0.900 bits per heavy atom. The van der Waals surface area contributed by atoms with Crippen molar-refractivity contribution >= 4 is 62.1 Å². The van der Waals surface area contributed by atoms with Gasteiger partial charge >= 0.3 is 0 Å². The van der Waals surface area contributed by atoms with Crippen molar-refractivity contribution in [1.29, 1.82) is 0 Å². The van der Waals surface area contributed by atoms with Crippen LogP contribution in [-0.2, 0) is 14.8 Å². The van der Waals surface area contributed by atoms with Gasteiger partial charge in [-0.2, -0.15) is 0 Å². The third-order valence-corrected chi connectivity index (χ3v) is 6.60. The molecule has 0 aliphatic rings. The summed E-state index contributed by atoms with van der Waals surface area (Å²) in [6, 6.07) is 17.2. The lowest BCUT2D eigenvalue weighted by atomic mass is 10.2. The van der Waals surface area contributed by atoms with Gasteiger partial charge in [-0.05, 0) is 67.1 Å². The average Bonchev–Trinajstić information content (AvgIpc) is 2.65. The zero-order valence-corrected chi connectivity index (χ0v) is 18.9. The molecule has 0 saturated carbocycles. The summed E-state index contributed by atoms with van der Waals surface area (Å²) >= 11 is 17.8. The van der Waals surface area contributed by atoms with Crippen LogP contribution in [0.25, 0.3) is 0 Å². The lowest BCUT2D eigenvalue weighted by molar-refractivity contribution is -0.114. The van der Waals surface area contributed by atoms with Crippen molar-refractivity contribution < 1.29 is 13.2 Å². The van der Waals surface area contributed by atoms with Crippen molar-refractivity contribution in [2.24, 2.45) is 0 Å². The minimum atomic E-state index is -4.03. The summed E-state index contributed by atoms with van der Waals surface area (Å²) in [5.41, 5.74) is 1.58. The molecule has 0 saturated heterocycles. The number of carbonyl (C=O) groups excluding carboxylic acids is 1. The van der Waals surface area contributed by atoms with Gasteiger partial charge in [0.05, 0.1) is 10.6 Å². The summed E-state index contributed by atoms with van der Waals surface area (Å²) in [6.45, 7) is 1.39. The van der Waals surface area contributed by atoms with Crippen molar-refractivity contribution in [3.63, 3.8) is 0 Å². The van der Waals surface area contributed by atoms with Gasteiger partial charge < -0.3 is 5.32 Å². The highest BCUT2D eigenvalue weighted by Gasteiger charge is 2.27. The van der Waals surface area contributed by atoms with Gasteiger partial charge in [-0.1, -0.05) is 46.9 Å². The van der Waals surface area contributed by atoms with Crippen LogP contribution in [0.3, 0.4) is 0 Å². The molecule has 1 N–H and O–H groups in total. The van der Waals surface area contributed by atoms with E-state index in [1.54, 1.807) is 18.2 Å². The summed E-state index contributed by atoms with van der Waals surface area (Å²) < 4.78 is 27.7. The highest BCUT2D eigenvalue weighted by atomic mass is 35.5. The quantitative estimate of drug-likeness (QED) is 0.482. The number of anilines is 2. The van der Waals surface area contributed by atoms with Crippen LogP contribution in [0.2, 0.25) is 15.1 Å². The fraction of sp³-hybridized carbons (Fsp3) is 0.0952. The van der Waals surface area contributed by atoms with Crippen molar-refractivity contribution in [2.45, 2.75) is 11.8 Å². The number of aryl methyl sites for hydroxylation is 1. The molecule has 5 nitrogen and oxygen atoms in total. The predicted octanol–water partition coefficient (Wildman–Crippen LogP) is 5.79. The number of amides is 1. The van der Waals surface area contributed by atoms with Crippen LogP contribution < -0.4 is 9.62 Å². The van der Waals surface area contributed by atoms with E-state index in [9.17, 15) is 13.2 Å². The number of carbonyl (C=O) groups is 1. The molecule has 0 aromatic heterocycles. The highest BCUT2D eigenvalue weighted by Crippen LogP contribution is 2.26. The van der Waals surface area contributed by atoms with E-state index in [1.165, 1.54) is 42.5 Å². The van der Waals surface area contributed by atoms with Crippen LogP contribution in [-0.4, -0.2) is 20.9 Å². The molecule has 3 rings (SSSR count). The molecule has 0 heterocycles. The van der Waals surface area contributed by atoms with Crippen molar-refractivity contribution in [3.05, 3.63) is 87.4 Å². The maximum absolute atomic E-state index is 13.3. The number of halogens is 3. The molecule has 0 unspecified atom stereocenters. The summed E-state index contributed by atoms with van der Waals surface area (Å²) in [6.07, 6.45) is 0. The summed E-state index contributed by atoms with van der Waals surface area (Å²) in [5.74, 6) is -0.549. The molecular weight excluding hydrogens is 467 g/mol. The van der Waals surface area contributed by atoms with Gasteiger partial charge in [0.1, 0.15) is 6.54 Å². The number of sulfonamides is 1. The predicted molar refractivity (Wildman–Crippen MR) is 122 cm³/mol. The summed E-state index contributed by atoms with van der Waals surface area (Å²) in [4.78, 5) is 12.7. The largest absolute Gasteiger partial charge is 0.324 e. The smallest absolute Gasteiger partial charge is 0.264 e. The molecular formula is C21H17Cl3N2O3S. The first kappa shape index (κ1) is 22.4. The van der Waals surface area contributed by atoms with Crippen LogP contribution in [0.5, 0.6) is 0 Å². The Bertz CT molecular complexity index is 1160. The van der Waals surface area contributed by atoms with E-state index in [1.807, 2.05) is 13.0 Å². The molecule has 30 heavy (non-hydrogen) atoms. The molecule has 0 bridgehead atoms. The zero-order chi connectivity index (χ0) is 21.9. The van der Waals surface area contributed by atoms with E-state index in [0.29, 0.717) is 26.4 Å². The standard InChI is InChI=1S/C21H17Cl3N2O3S/c1-14-3-2-4-19(9-14)26(30(28,29)20-7-5-15(22)6-8-20)13-21(27)25-18-11-16(23)10-17(24)12-18/h2-12H,13H2,1H3,(H,25,27). The first-order valence-electron chi connectivity index (χ1n) is 8.76. The van der Waals surface area contributed by atoms with E-state index in [2.05, 4.69) is 5.32 Å². The Kier molecular flexibility index (Phi) is 6.93. The maximum atomic E-state index is 13.3. The monoisotopic (exact) mass is 482 g/mol. The molecule has 0 spiro atoms. The number of nitrogens with zero attached hydrogens (tertiary/aromatic N) is 1. The van der Waals surface area contributed by atoms with Gasteiger partial charge in [-0.15, -0.1) is 0 Å². The Labute approximate surface area is 190 Å². The second-order valence-electron chi connectivity index (χ2n) is 6.51. The van der Waals surface area contributed by atoms with Crippen LogP contribution in [0, 0.1) is 6.92 Å². The van der Waals surface area contributed by atoms with Gasteiger partial charge in [-0.25, -0.2) is 8.42 Å². The van der Waals surface area contributed by atoms with Crippen LogP contribution in [0.15, 0.2) is 71.6 Å². The van der Waals surface area contributed by atoms with Gasteiger partial charge in [0.2, 0.25) is 5.91 Å². The molecule has 3 aromatic rings. The minimum Gasteiger partial charge on any atom is -0.324 e. The Morgan fingerprint density at radius 3 is 2.13 bits per heavy atom. The molecule has 0 aliphatic heterocycles. The van der Waals surface area contributed by atoms with E-state index in [4.69, 9.17) is 34.8 Å². The Balaban J connectivity index is 1.95. The van der Waals surface area contributed by atoms with E-state index in [-0.39, 0.29) is 4.90 Å². The molecule has 156 valence electrons. The molecule has 0 radical (unpaired) electrons. The molecule has 0 atom stereocenters. The first-order valence-corrected chi connectivity index (χ1v) is 11.3. The van der Waals surface area contributed by atoms with Gasteiger partial charge in [-0.3, -0.25) is 9.10 Å². The van der Waals surface area contributed by atoms with E-state index >= 15 is 0 Å². The second kappa shape index (κ2) is 9.27. The van der Waals surface area contributed by atoms with Crippen molar-refractivity contribution in [1.82, 2.24) is 0 Å². The number of hydrogen-bond donors (Lipinski definition) is 1. The van der Waals surface area contributed by atoms with Crippen LogP contribution in [0.1, 0.15) is 5.56 Å². The molecule has 1 amide bonds. The molecule has 0 aliphatic carbocycles. The average molecular weight is 484 g/mol. The minimum absolute atomic E-state index is 0.0204. The van der Waals surface area contributed by atoms with E-state index < -0.39 is 22.5 Å². The van der Waals surface area contributed by atoms with Crippen LogP contribution in [0.4, 0.5) is 11.4 Å². The number of benzene rings is 3. The third-order valence-electron chi connectivity index (χ3n) is 4.12. The highest BCUT2D eigenvalue weighted by molar-refractivity contribution is 7.92. The lowest BCUT2D eigenvalue weighted by Crippen LogP contribution is -2.38. The fourth-order valence-electron chi connectivity index (χ4n) is 2.79. The van der Waals surface area contributed by atoms with Gasteiger partial charge in [0.25, 0.3) is 10.0 Å². The van der Waals surface area contributed by atoms with Crippen molar-refractivity contribution in [2.75, 3.05) is 16.2 Å². The first-order chi connectivity index (χ1) is 14.1. The SMILES string of the molecule is Cc1cccc(N(CC(=O)Nc2cc(Cl)cc(Cl)c2)S(=O)(=O)c2ccc(Cl)cc2)c1. The van der Waals surface area contributed by atoms with Gasteiger partial charge in [0.15, 0.2) is 0 Å². The lowest BCUT2D eigenvalue weighted by Gasteiger charge is -2.24. The summed E-state index contributed by atoms with van der Waals surface area (Å²) in [5, 5.41) is 3.74. The Hall–Kier alpha value is -2.25. The van der Waals surface area contributed by atoms with E-state index in [0.717, 1.165) is 9.87 Å². The summed E-state index contributed by atoms with van der Waals surface area (Å²) in [7, 11) is -4.03. The second-order valence-corrected chi connectivity index (χ2v) is 9.68.